The first-order valence-corrected chi connectivity index (χ1v) is 7.45. The number of nitrogens with one attached hydrogen (secondary N) is 3. The summed E-state index contributed by atoms with van der Waals surface area (Å²) in [4.78, 5) is 55.4. The lowest BCUT2D eigenvalue weighted by molar-refractivity contribution is -0.141. The Hall–Kier alpha value is -2.34. The predicted molar refractivity (Wildman–Crippen MR) is 84.3 cm³/mol. The third kappa shape index (κ3) is 9.63. The largest absolute Gasteiger partial charge is 0.481 e. The molecule has 0 rings (SSSR count). The van der Waals surface area contributed by atoms with Gasteiger partial charge in [0.05, 0.1) is 19.1 Å². The molecule has 0 fully saturated rings. The molecule has 0 saturated heterocycles. The lowest BCUT2D eigenvalue weighted by Gasteiger charge is -2.13. The van der Waals surface area contributed by atoms with Gasteiger partial charge in [0.25, 0.3) is 0 Å². The van der Waals surface area contributed by atoms with E-state index in [2.05, 4.69) is 28.6 Å². The second-order valence-electron chi connectivity index (χ2n) is 4.67. The van der Waals surface area contributed by atoms with Gasteiger partial charge in [-0.1, -0.05) is 0 Å². The Balaban J connectivity index is 4.05. The Morgan fingerprint density at radius 2 is 1.58 bits per heavy atom. The van der Waals surface area contributed by atoms with Crippen LogP contribution in [0.1, 0.15) is 12.8 Å². The standard InChI is InChI=1S/C12H20N4O7S/c13-6(1-2-10(19)20)11(21)15-3-8(17)14-4-9(18)16-7(5-24)12(22)23/h6-7,24H,1-5,13H2,(H,14,17)(H,15,21)(H,16,18)(H,19,20)(H,22,23). The monoisotopic (exact) mass is 364 g/mol. The lowest BCUT2D eigenvalue weighted by Crippen LogP contribution is -2.49. The van der Waals surface area contributed by atoms with Crippen LogP contribution >= 0.6 is 12.6 Å². The summed E-state index contributed by atoms with van der Waals surface area (Å²) in [7, 11) is 0. The average Bonchev–Trinajstić information content (AvgIpc) is 2.52. The Labute approximate surface area is 142 Å². The van der Waals surface area contributed by atoms with Crippen LogP contribution in [0.25, 0.3) is 0 Å². The molecule has 0 spiro atoms. The summed E-state index contributed by atoms with van der Waals surface area (Å²) in [6, 6.07) is -2.24. The van der Waals surface area contributed by atoms with Gasteiger partial charge in [-0.05, 0) is 6.42 Å². The van der Waals surface area contributed by atoms with Gasteiger partial charge in [0.15, 0.2) is 0 Å². The number of amides is 3. The summed E-state index contributed by atoms with van der Waals surface area (Å²) >= 11 is 3.76. The third-order valence-electron chi connectivity index (χ3n) is 2.69. The van der Waals surface area contributed by atoms with Gasteiger partial charge in [-0.25, -0.2) is 4.79 Å². The molecule has 11 nitrogen and oxygen atoms in total. The zero-order valence-electron chi connectivity index (χ0n) is 12.7. The number of aliphatic carboxylic acids is 2. The maximum absolute atomic E-state index is 11.5. The van der Waals surface area contributed by atoms with E-state index in [9.17, 15) is 24.0 Å². The summed E-state index contributed by atoms with van der Waals surface area (Å²) < 4.78 is 0. The van der Waals surface area contributed by atoms with E-state index in [-0.39, 0.29) is 18.6 Å². The molecule has 0 saturated carbocycles. The van der Waals surface area contributed by atoms with Crippen LogP contribution in [-0.4, -0.2) is 70.8 Å². The van der Waals surface area contributed by atoms with Crippen molar-refractivity contribution in [3.8, 4) is 0 Å². The molecule has 2 atom stereocenters. The molecule has 7 N–H and O–H groups in total. The van der Waals surface area contributed by atoms with Gasteiger partial charge in [0.2, 0.25) is 17.7 Å². The number of hydrogen-bond donors (Lipinski definition) is 7. The van der Waals surface area contributed by atoms with E-state index < -0.39 is 54.8 Å². The van der Waals surface area contributed by atoms with Crippen molar-refractivity contribution in [2.75, 3.05) is 18.8 Å². The quantitative estimate of drug-likeness (QED) is 0.188. The highest BCUT2D eigenvalue weighted by molar-refractivity contribution is 7.80. The molecular formula is C12H20N4O7S. The first-order chi connectivity index (χ1) is 11.2. The van der Waals surface area contributed by atoms with E-state index in [1.54, 1.807) is 0 Å². The van der Waals surface area contributed by atoms with Crippen LogP contribution in [0.2, 0.25) is 0 Å². The van der Waals surface area contributed by atoms with Crippen LogP contribution in [0.15, 0.2) is 0 Å². The zero-order valence-corrected chi connectivity index (χ0v) is 13.5. The van der Waals surface area contributed by atoms with E-state index in [0.29, 0.717) is 0 Å². The number of nitrogens with two attached hydrogens (primary N) is 1. The van der Waals surface area contributed by atoms with Crippen LogP contribution < -0.4 is 21.7 Å². The first kappa shape index (κ1) is 21.7. The number of hydrogen-bond acceptors (Lipinski definition) is 7. The second kappa shape index (κ2) is 11.2. The molecule has 12 heteroatoms. The van der Waals surface area contributed by atoms with Crippen LogP contribution in [0.3, 0.4) is 0 Å². The summed E-state index contributed by atoms with van der Waals surface area (Å²) in [5, 5.41) is 23.7. The molecule has 0 aromatic heterocycles. The molecule has 0 aliphatic heterocycles. The van der Waals surface area contributed by atoms with Crippen molar-refractivity contribution in [2.45, 2.75) is 24.9 Å². The molecule has 2 unspecified atom stereocenters. The highest BCUT2D eigenvalue weighted by Crippen LogP contribution is 1.94. The molecule has 0 aromatic carbocycles. The summed E-state index contributed by atoms with van der Waals surface area (Å²) in [6.45, 7) is -0.931. The molecule has 0 aliphatic carbocycles. The number of carboxylic acid groups (broad SMARTS) is 2. The van der Waals surface area contributed by atoms with Crippen LogP contribution in [0.4, 0.5) is 0 Å². The van der Waals surface area contributed by atoms with Crippen molar-refractivity contribution in [1.82, 2.24) is 16.0 Å². The van der Waals surface area contributed by atoms with Gasteiger partial charge in [0.1, 0.15) is 6.04 Å². The third-order valence-corrected chi connectivity index (χ3v) is 3.06. The fourth-order valence-electron chi connectivity index (χ4n) is 1.38. The maximum Gasteiger partial charge on any atom is 0.327 e. The van der Waals surface area contributed by atoms with E-state index >= 15 is 0 Å². The molecule has 136 valence electrons. The van der Waals surface area contributed by atoms with Crippen molar-refractivity contribution in [3.05, 3.63) is 0 Å². The minimum Gasteiger partial charge on any atom is -0.481 e. The molecule has 0 radical (unpaired) electrons. The molecule has 3 amide bonds. The first-order valence-electron chi connectivity index (χ1n) is 6.82. The fraction of sp³-hybridized carbons (Fsp3) is 0.583. The van der Waals surface area contributed by atoms with Gasteiger partial charge in [-0.3, -0.25) is 19.2 Å². The Kier molecular flexibility index (Phi) is 10.1. The highest BCUT2D eigenvalue weighted by atomic mass is 32.1. The van der Waals surface area contributed by atoms with E-state index in [1.165, 1.54) is 0 Å². The summed E-state index contributed by atoms with van der Waals surface area (Å²) in [5.74, 6) is -4.58. The van der Waals surface area contributed by atoms with Crippen LogP contribution in [0, 0.1) is 0 Å². The van der Waals surface area contributed by atoms with Crippen molar-refractivity contribution >= 4 is 42.3 Å². The number of carbonyl (C=O) groups is 5. The van der Waals surface area contributed by atoms with Gasteiger partial charge >= 0.3 is 11.9 Å². The summed E-state index contributed by atoms with van der Waals surface area (Å²) in [6.07, 6.45) is -0.359. The zero-order chi connectivity index (χ0) is 18.7. The van der Waals surface area contributed by atoms with Crippen LogP contribution in [0.5, 0.6) is 0 Å². The Morgan fingerprint density at radius 3 is 2.08 bits per heavy atom. The van der Waals surface area contributed by atoms with Gasteiger partial charge in [0, 0.05) is 12.2 Å². The fourth-order valence-corrected chi connectivity index (χ4v) is 1.63. The van der Waals surface area contributed by atoms with Crippen molar-refractivity contribution in [3.63, 3.8) is 0 Å². The SMILES string of the molecule is NC(CCC(=O)O)C(=O)NCC(=O)NCC(=O)NC(CS)C(=O)O. The lowest BCUT2D eigenvalue weighted by atomic mass is 10.1. The van der Waals surface area contributed by atoms with Gasteiger partial charge in [-0.15, -0.1) is 0 Å². The highest BCUT2D eigenvalue weighted by Gasteiger charge is 2.19. The minimum atomic E-state index is -1.26. The van der Waals surface area contributed by atoms with Crippen molar-refractivity contribution < 1.29 is 34.2 Å². The predicted octanol–water partition coefficient (Wildman–Crippen LogP) is -3.09. The topological polar surface area (TPSA) is 188 Å². The Morgan fingerprint density at radius 1 is 1.00 bits per heavy atom. The van der Waals surface area contributed by atoms with Gasteiger partial charge in [-0.2, -0.15) is 12.6 Å². The van der Waals surface area contributed by atoms with E-state index in [1.807, 2.05) is 0 Å². The molecule has 0 aliphatic rings. The molecule has 24 heavy (non-hydrogen) atoms. The Bertz CT molecular complexity index is 500. The number of rotatable bonds is 11. The molecule has 0 aromatic rings. The number of carboxylic acids is 2. The smallest absolute Gasteiger partial charge is 0.327 e. The minimum absolute atomic E-state index is 0.0779. The second-order valence-corrected chi connectivity index (χ2v) is 5.04. The maximum atomic E-state index is 11.5. The van der Waals surface area contributed by atoms with E-state index in [0.717, 1.165) is 0 Å². The van der Waals surface area contributed by atoms with Gasteiger partial charge < -0.3 is 31.9 Å². The summed E-state index contributed by atoms with van der Waals surface area (Å²) in [5.41, 5.74) is 5.44. The average molecular weight is 364 g/mol. The van der Waals surface area contributed by atoms with E-state index in [4.69, 9.17) is 15.9 Å². The molecule has 0 bridgehead atoms. The molecule has 0 heterocycles. The van der Waals surface area contributed by atoms with Crippen molar-refractivity contribution in [2.24, 2.45) is 5.73 Å². The number of thiol groups is 1. The number of carbonyl (C=O) groups excluding carboxylic acids is 3. The molecular weight excluding hydrogens is 344 g/mol. The normalized spacial score (nSPS) is 12.6. The van der Waals surface area contributed by atoms with Crippen LogP contribution in [-0.2, 0) is 24.0 Å². The van der Waals surface area contributed by atoms with Crippen molar-refractivity contribution in [1.29, 1.82) is 0 Å².